The minimum atomic E-state index is -0.258. The van der Waals surface area contributed by atoms with E-state index >= 15 is 0 Å². The standard InChI is InChI=1S/C19H21FN2O2/c1-13-7-18(24-12-14-3-2-4-17(20)8-14)6-5-15(13)9-22-10-16(11-22)19(21)23/h2-8,16H,9-12H2,1H3,(H2,21,23). The van der Waals surface area contributed by atoms with Crippen molar-refractivity contribution in [3.05, 3.63) is 65.0 Å². The van der Waals surface area contributed by atoms with E-state index in [-0.39, 0.29) is 17.6 Å². The maximum atomic E-state index is 13.2. The third-order valence-electron chi connectivity index (χ3n) is 4.36. The molecule has 0 aliphatic carbocycles. The fraction of sp³-hybridized carbons (Fsp3) is 0.316. The second kappa shape index (κ2) is 7.01. The van der Waals surface area contributed by atoms with Crippen molar-refractivity contribution >= 4 is 5.91 Å². The number of carbonyl (C=O) groups is 1. The molecule has 0 atom stereocenters. The first-order valence-electron chi connectivity index (χ1n) is 7.99. The molecule has 24 heavy (non-hydrogen) atoms. The molecular weight excluding hydrogens is 307 g/mol. The van der Waals surface area contributed by atoms with Gasteiger partial charge in [-0.25, -0.2) is 4.39 Å². The number of primary amides is 1. The number of benzene rings is 2. The van der Waals surface area contributed by atoms with Crippen LogP contribution in [-0.2, 0) is 17.9 Å². The topological polar surface area (TPSA) is 55.6 Å². The molecule has 5 heteroatoms. The number of ether oxygens (including phenoxy) is 1. The molecule has 2 aromatic carbocycles. The van der Waals surface area contributed by atoms with Crippen LogP contribution in [0.3, 0.4) is 0 Å². The predicted molar refractivity (Wildman–Crippen MR) is 89.9 cm³/mol. The Morgan fingerprint density at radius 2 is 2.08 bits per heavy atom. The van der Waals surface area contributed by atoms with Crippen LogP contribution in [0.25, 0.3) is 0 Å². The molecule has 0 spiro atoms. The minimum Gasteiger partial charge on any atom is -0.489 e. The van der Waals surface area contributed by atoms with Gasteiger partial charge in [0, 0.05) is 19.6 Å². The van der Waals surface area contributed by atoms with Gasteiger partial charge in [-0.05, 0) is 47.9 Å². The number of likely N-dealkylation sites (tertiary alicyclic amines) is 1. The quantitative estimate of drug-likeness (QED) is 0.887. The average Bonchev–Trinajstić information content (AvgIpc) is 2.49. The SMILES string of the molecule is Cc1cc(OCc2cccc(F)c2)ccc1CN1CC(C(N)=O)C1. The lowest BCUT2D eigenvalue weighted by molar-refractivity contribution is -0.127. The number of amides is 1. The zero-order valence-electron chi connectivity index (χ0n) is 13.7. The van der Waals surface area contributed by atoms with Gasteiger partial charge in [-0.2, -0.15) is 0 Å². The summed E-state index contributed by atoms with van der Waals surface area (Å²) in [4.78, 5) is 13.3. The second-order valence-electron chi connectivity index (χ2n) is 6.30. The highest BCUT2D eigenvalue weighted by Gasteiger charge is 2.30. The van der Waals surface area contributed by atoms with Crippen LogP contribution >= 0.6 is 0 Å². The molecule has 0 unspecified atom stereocenters. The van der Waals surface area contributed by atoms with Gasteiger partial charge in [0.25, 0.3) is 0 Å². The Kier molecular flexibility index (Phi) is 4.81. The molecular formula is C19H21FN2O2. The summed E-state index contributed by atoms with van der Waals surface area (Å²) in [6.07, 6.45) is 0. The van der Waals surface area contributed by atoms with Crippen LogP contribution in [0, 0.1) is 18.7 Å². The van der Waals surface area contributed by atoms with E-state index in [1.54, 1.807) is 6.07 Å². The maximum Gasteiger partial charge on any atom is 0.223 e. The fourth-order valence-electron chi connectivity index (χ4n) is 2.85. The second-order valence-corrected chi connectivity index (χ2v) is 6.30. The van der Waals surface area contributed by atoms with Crippen LogP contribution < -0.4 is 10.5 Å². The average molecular weight is 328 g/mol. The Labute approximate surface area is 141 Å². The van der Waals surface area contributed by atoms with Crippen molar-refractivity contribution in [2.24, 2.45) is 11.7 Å². The Hall–Kier alpha value is -2.40. The lowest BCUT2D eigenvalue weighted by Crippen LogP contribution is -2.51. The molecule has 4 nitrogen and oxygen atoms in total. The summed E-state index contributed by atoms with van der Waals surface area (Å²) in [5.41, 5.74) is 8.43. The monoisotopic (exact) mass is 328 g/mol. The van der Waals surface area contributed by atoms with E-state index in [4.69, 9.17) is 10.5 Å². The predicted octanol–water partition coefficient (Wildman–Crippen LogP) is 2.63. The van der Waals surface area contributed by atoms with Gasteiger partial charge < -0.3 is 10.5 Å². The zero-order valence-corrected chi connectivity index (χ0v) is 13.7. The van der Waals surface area contributed by atoms with E-state index in [9.17, 15) is 9.18 Å². The number of aryl methyl sites for hydroxylation is 1. The van der Waals surface area contributed by atoms with Gasteiger partial charge in [-0.1, -0.05) is 18.2 Å². The Morgan fingerprint density at radius 3 is 2.75 bits per heavy atom. The first kappa shape index (κ1) is 16.5. The van der Waals surface area contributed by atoms with Crippen LogP contribution in [-0.4, -0.2) is 23.9 Å². The van der Waals surface area contributed by atoms with Crippen LogP contribution in [0.1, 0.15) is 16.7 Å². The zero-order chi connectivity index (χ0) is 17.1. The summed E-state index contributed by atoms with van der Waals surface area (Å²) in [5, 5.41) is 0. The molecule has 126 valence electrons. The molecule has 1 aliphatic heterocycles. The van der Waals surface area contributed by atoms with Gasteiger partial charge in [0.1, 0.15) is 18.2 Å². The van der Waals surface area contributed by atoms with E-state index in [0.29, 0.717) is 6.61 Å². The molecule has 2 N–H and O–H groups in total. The van der Waals surface area contributed by atoms with Crippen LogP contribution in [0.2, 0.25) is 0 Å². The van der Waals surface area contributed by atoms with E-state index in [2.05, 4.69) is 4.90 Å². The lowest BCUT2D eigenvalue weighted by Gasteiger charge is -2.37. The van der Waals surface area contributed by atoms with Crippen LogP contribution in [0.15, 0.2) is 42.5 Å². The first-order valence-corrected chi connectivity index (χ1v) is 7.99. The van der Waals surface area contributed by atoms with Crippen molar-refractivity contribution in [1.29, 1.82) is 0 Å². The molecule has 1 aliphatic rings. The number of carbonyl (C=O) groups excluding carboxylic acids is 1. The van der Waals surface area contributed by atoms with Crippen molar-refractivity contribution in [3.8, 4) is 5.75 Å². The van der Waals surface area contributed by atoms with Crippen molar-refractivity contribution in [1.82, 2.24) is 4.90 Å². The normalized spacial score (nSPS) is 15.1. The molecule has 1 heterocycles. The van der Waals surface area contributed by atoms with Crippen molar-refractivity contribution in [3.63, 3.8) is 0 Å². The van der Waals surface area contributed by atoms with Gasteiger partial charge >= 0.3 is 0 Å². The molecule has 3 rings (SSSR count). The van der Waals surface area contributed by atoms with E-state index in [1.807, 2.05) is 31.2 Å². The summed E-state index contributed by atoms with van der Waals surface area (Å²) < 4.78 is 18.9. The third-order valence-corrected chi connectivity index (χ3v) is 4.36. The molecule has 0 aromatic heterocycles. The van der Waals surface area contributed by atoms with E-state index in [0.717, 1.165) is 36.5 Å². The fourth-order valence-corrected chi connectivity index (χ4v) is 2.85. The number of halogens is 1. The molecule has 1 amide bonds. The van der Waals surface area contributed by atoms with Crippen molar-refractivity contribution in [2.45, 2.75) is 20.1 Å². The van der Waals surface area contributed by atoms with Crippen LogP contribution in [0.4, 0.5) is 4.39 Å². The summed E-state index contributed by atoms with van der Waals surface area (Å²) in [5.74, 6) is 0.272. The Bertz CT molecular complexity index is 742. The van der Waals surface area contributed by atoms with Gasteiger partial charge in [0.15, 0.2) is 0 Å². The summed E-state index contributed by atoms with van der Waals surface area (Å²) in [7, 11) is 0. The van der Waals surface area contributed by atoms with Gasteiger partial charge in [-0.3, -0.25) is 9.69 Å². The number of nitrogens with two attached hydrogens (primary N) is 1. The molecule has 0 saturated carbocycles. The van der Waals surface area contributed by atoms with Crippen molar-refractivity contribution in [2.75, 3.05) is 13.1 Å². The third kappa shape index (κ3) is 3.92. The molecule has 1 saturated heterocycles. The molecule has 0 bridgehead atoms. The van der Waals surface area contributed by atoms with E-state index in [1.165, 1.54) is 17.7 Å². The van der Waals surface area contributed by atoms with Crippen molar-refractivity contribution < 1.29 is 13.9 Å². The smallest absolute Gasteiger partial charge is 0.223 e. The molecule has 2 aromatic rings. The number of hydrogen-bond acceptors (Lipinski definition) is 3. The van der Waals surface area contributed by atoms with Gasteiger partial charge in [-0.15, -0.1) is 0 Å². The van der Waals surface area contributed by atoms with Gasteiger partial charge in [0.05, 0.1) is 5.92 Å². The van der Waals surface area contributed by atoms with E-state index < -0.39 is 0 Å². The highest BCUT2D eigenvalue weighted by Crippen LogP contribution is 2.23. The summed E-state index contributed by atoms with van der Waals surface area (Å²) in [6, 6.07) is 12.3. The number of nitrogens with zero attached hydrogens (tertiary/aromatic N) is 1. The summed E-state index contributed by atoms with van der Waals surface area (Å²) in [6.45, 7) is 4.64. The Morgan fingerprint density at radius 1 is 1.29 bits per heavy atom. The highest BCUT2D eigenvalue weighted by atomic mass is 19.1. The van der Waals surface area contributed by atoms with Gasteiger partial charge in [0.2, 0.25) is 5.91 Å². The molecule has 1 fully saturated rings. The Balaban J connectivity index is 1.56. The minimum absolute atomic E-state index is 0.0146. The highest BCUT2D eigenvalue weighted by molar-refractivity contribution is 5.78. The summed E-state index contributed by atoms with van der Waals surface area (Å²) >= 11 is 0. The largest absolute Gasteiger partial charge is 0.489 e. The van der Waals surface area contributed by atoms with Crippen LogP contribution in [0.5, 0.6) is 5.75 Å². The number of hydrogen-bond donors (Lipinski definition) is 1. The maximum absolute atomic E-state index is 13.2. The lowest BCUT2D eigenvalue weighted by atomic mass is 9.98. The first-order chi connectivity index (χ1) is 11.5. The number of rotatable bonds is 6. The molecule has 0 radical (unpaired) electrons.